The molecule has 0 aliphatic heterocycles. The molecule has 0 saturated heterocycles. The van der Waals surface area contributed by atoms with Gasteiger partial charge in [-0.05, 0) is 12.1 Å². The van der Waals surface area contributed by atoms with Gasteiger partial charge in [-0.2, -0.15) is 0 Å². The van der Waals surface area contributed by atoms with Crippen molar-refractivity contribution in [1.29, 1.82) is 0 Å². The Labute approximate surface area is 105 Å². The molecule has 0 aromatic carbocycles. The Morgan fingerprint density at radius 1 is 1.39 bits per heavy atom. The van der Waals surface area contributed by atoms with Gasteiger partial charge in [-0.3, -0.25) is 4.98 Å². The molecule has 2 aromatic rings. The van der Waals surface area contributed by atoms with Crippen molar-refractivity contribution in [3.8, 4) is 0 Å². The van der Waals surface area contributed by atoms with E-state index in [1.54, 1.807) is 19.2 Å². The van der Waals surface area contributed by atoms with E-state index in [9.17, 15) is 8.42 Å². The molecular weight excluding hydrogens is 254 g/mol. The molecular formula is C11H13N3O3S. The predicted octanol–water partition coefficient (Wildman–Crippen LogP) is 1.19. The van der Waals surface area contributed by atoms with Crippen molar-refractivity contribution in [3.63, 3.8) is 0 Å². The summed E-state index contributed by atoms with van der Waals surface area (Å²) in [4.78, 5) is 3.95. The van der Waals surface area contributed by atoms with Crippen LogP contribution in [0.2, 0.25) is 0 Å². The first kappa shape index (κ1) is 12.6. The van der Waals surface area contributed by atoms with E-state index in [4.69, 9.17) is 4.42 Å². The molecule has 0 atom stereocenters. The van der Waals surface area contributed by atoms with Gasteiger partial charge in [-0.1, -0.05) is 0 Å². The second-order valence-electron chi connectivity index (χ2n) is 3.58. The molecule has 0 radical (unpaired) electrons. The molecule has 96 valence electrons. The lowest BCUT2D eigenvalue weighted by Gasteiger charge is -2.09. The van der Waals surface area contributed by atoms with Crippen LogP contribution in [0.15, 0.2) is 46.4 Å². The number of nitrogens with one attached hydrogen (secondary N) is 2. The van der Waals surface area contributed by atoms with E-state index >= 15 is 0 Å². The highest BCUT2D eigenvalue weighted by molar-refractivity contribution is 7.89. The van der Waals surface area contributed by atoms with Crippen molar-refractivity contribution < 1.29 is 12.8 Å². The quantitative estimate of drug-likeness (QED) is 0.850. The summed E-state index contributed by atoms with van der Waals surface area (Å²) in [6.07, 6.45) is 5.82. The monoisotopic (exact) mass is 267 g/mol. The van der Waals surface area contributed by atoms with Gasteiger partial charge in [0.25, 0.3) is 0 Å². The van der Waals surface area contributed by atoms with Gasteiger partial charge in [0.1, 0.15) is 4.90 Å². The SMILES string of the molecule is CNc1ccncc1S(=O)(=O)NCc1ccoc1. The maximum Gasteiger partial charge on any atom is 0.244 e. The number of anilines is 1. The highest BCUT2D eigenvalue weighted by Crippen LogP contribution is 2.18. The topological polar surface area (TPSA) is 84.2 Å². The van der Waals surface area contributed by atoms with E-state index in [0.717, 1.165) is 5.56 Å². The molecule has 6 nitrogen and oxygen atoms in total. The van der Waals surface area contributed by atoms with E-state index in [1.165, 1.54) is 24.9 Å². The smallest absolute Gasteiger partial charge is 0.244 e. The van der Waals surface area contributed by atoms with E-state index in [1.807, 2.05) is 0 Å². The van der Waals surface area contributed by atoms with Gasteiger partial charge in [0.15, 0.2) is 0 Å². The van der Waals surface area contributed by atoms with Crippen molar-refractivity contribution in [3.05, 3.63) is 42.6 Å². The Morgan fingerprint density at radius 3 is 2.89 bits per heavy atom. The number of rotatable bonds is 5. The molecule has 0 unspecified atom stereocenters. The normalized spacial score (nSPS) is 11.4. The van der Waals surface area contributed by atoms with Gasteiger partial charge >= 0.3 is 0 Å². The third kappa shape index (κ3) is 2.69. The first-order valence-corrected chi connectivity index (χ1v) is 6.74. The van der Waals surface area contributed by atoms with Crippen LogP contribution in [0.4, 0.5) is 5.69 Å². The molecule has 0 spiro atoms. The molecule has 0 aliphatic carbocycles. The molecule has 2 rings (SSSR count). The van der Waals surface area contributed by atoms with Crippen molar-refractivity contribution in [2.75, 3.05) is 12.4 Å². The van der Waals surface area contributed by atoms with Gasteiger partial charge < -0.3 is 9.73 Å². The lowest BCUT2D eigenvalue weighted by molar-refractivity contribution is 0.561. The molecule has 2 aromatic heterocycles. The summed E-state index contributed by atoms with van der Waals surface area (Å²) in [6.45, 7) is 0.177. The Kier molecular flexibility index (Phi) is 3.63. The summed E-state index contributed by atoms with van der Waals surface area (Å²) in [6, 6.07) is 3.30. The van der Waals surface area contributed by atoms with Crippen LogP contribution in [-0.4, -0.2) is 20.4 Å². The fourth-order valence-corrected chi connectivity index (χ4v) is 2.62. The number of hydrogen-bond donors (Lipinski definition) is 2. The third-order valence-electron chi connectivity index (χ3n) is 2.39. The van der Waals surface area contributed by atoms with E-state index < -0.39 is 10.0 Å². The fourth-order valence-electron chi connectivity index (χ4n) is 1.45. The molecule has 18 heavy (non-hydrogen) atoms. The Morgan fingerprint density at radius 2 is 2.22 bits per heavy atom. The largest absolute Gasteiger partial charge is 0.472 e. The fraction of sp³-hybridized carbons (Fsp3) is 0.182. The van der Waals surface area contributed by atoms with Crippen LogP contribution in [-0.2, 0) is 16.6 Å². The lowest BCUT2D eigenvalue weighted by Crippen LogP contribution is -2.24. The van der Waals surface area contributed by atoms with E-state index in [-0.39, 0.29) is 11.4 Å². The molecule has 2 heterocycles. The lowest BCUT2D eigenvalue weighted by atomic mass is 10.4. The summed E-state index contributed by atoms with van der Waals surface area (Å²) < 4.78 is 31.5. The standard InChI is InChI=1S/C11H13N3O3S/c1-12-10-2-4-13-7-11(10)18(15,16)14-6-9-3-5-17-8-9/h2-5,7-8,14H,6H2,1H3,(H,12,13). The van der Waals surface area contributed by atoms with Gasteiger partial charge in [0, 0.05) is 31.5 Å². The zero-order chi connectivity index (χ0) is 13.0. The number of aromatic nitrogens is 1. The minimum absolute atomic E-state index is 0.121. The summed E-state index contributed by atoms with van der Waals surface area (Å²) in [5, 5.41) is 2.82. The Bertz CT molecular complexity index is 608. The average molecular weight is 267 g/mol. The summed E-state index contributed by atoms with van der Waals surface area (Å²) in [5.74, 6) is 0. The van der Waals surface area contributed by atoms with Crippen molar-refractivity contribution in [2.45, 2.75) is 11.4 Å². The minimum atomic E-state index is -3.60. The van der Waals surface area contributed by atoms with Crippen molar-refractivity contribution >= 4 is 15.7 Å². The van der Waals surface area contributed by atoms with Crippen LogP contribution >= 0.6 is 0 Å². The van der Waals surface area contributed by atoms with Crippen LogP contribution in [0, 0.1) is 0 Å². The Hall–Kier alpha value is -1.86. The summed E-state index contributed by atoms with van der Waals surface area (Å²) in [7, 11) is -1.94. The maximum absolute atomic E-state index is 12.1. The number of sulfonamides is 1. The van der Waals surface area contributed by atoms with E-state index in [2.05, 4.69) is 15.0 Å². The predicted molar refractivity (Wildman–Crippen MR) is 66.5 cm³/mol. The number of hydrogen-bond acceptors (Lipinski definition) is 5. The molecule has 0 fully saturated rings. The second kappa shape index (κ2) is 5.19. The molecule has 0 bridgehead atoms. The molecule has 0 amide bonds. The second-order valence-corrected chi connectivity index (χ2v) is 5.31. The number of pyridine rings is 1. The number of nitrogens with zero attached hydrogens (tertiary/aromatic N) is 1. The van der Waals surface area contributed by atoms with Crippen LogP contribution in [0.5, 0.6) is 0 Å². The van der Waals surface area contributed by atoms with Crippen LogP contribution in [0.25, 0.3) is 0 Å². The summed E-state index contributed by atoms with van der Waals surface area (Å²) >= 11 is 0. The average Bonchev–Trinajstić information content (AvgIpc) is 2.89. The van der Waals surface area contributed by atoms with Gasteiger partial charge in [0.2, 0.25) is 10.0 Å². The molecule has 0 aliphatic rings. The first-order valence-electron chi connectivity index (χ1n) is 5.26. The van der Waals surface area contributed by atoms with Gasteiger partial charge in [0.05, 0.1) is 18.2 Å². The highest BCUT2D eigenvalue weighted by Gasteiger charge is 2.18. The van der Waals surface area contributed by atoms with Crippen LogP contribution in [0.3, 0.4) is 0 Å². The van der Waals surface area contributed by atoms with Crippen LogP contribution in [0.1, 0.15) is 5.56 Å². The van der Waals surface area contributed by atoms with Gasteiger partial charge in [-0.15, -0.1) is 0 Å². The number of furan rings is 1. The molecule has 7 heteroatoms. The zero-order valence-electron chi connectivity index (χ0n) is 9.75. The zero-order valence-corrected chi connectivity index (χ0v) is 10.6. The van der Waals surface area contributed by atoms with E-state index in [0.29, 0.717) is 5.69 Å². The van der Waals surface area contributed by atoms with Gasteiger partial charge in [-0.25, -0.2) is 13.1 Å². The minimum Gasteiger partial charge on any atom is -0.472 e. The van der Waals surface area contributed by atoms with Crippen molar-refractivity contribution in [2.24, 2.45) is 0 Å². The Balaban J connectivity index is 2.20. The van der Waals surface area contributed by atoms with Crippen LogP contribution < -0.4 is 10.0 Å². The first-order chi connectivity index (χ1) is 8.63. The third-order valence-corrected chi connectivity index (χ3v) is 3.82. The highest BCUT2D eigenvalue weighted by atomic mass is 32.2. The maximum atomic E-state index is 12.1. The molecule has 0 saturated carbocycles. The van der Waals surface area contributed by atoms with Crippen molar-refractivity contribution in [1.82, 2.24) is 9.71 Å². The molecule has 2 N–H and O–H groups in total. The summed E-state index contributed by atoms with van der Waals surface area (Å²) in [5.41, 5.74) is 1.26.